The largest absolute Gasteiger partial charge is 0.460 e. The van der Waals surface area contributed by atoms with E-state index in [1.165, 1.54) is 4.88 Å². The zero-order chi connectivity index (χ0) is 12.9. The van der Waals surface area contributed by atoms with E-state index in [1.54, 1.807) is 11.3 Å². The third-order valence-corrected chi connectivity index (χ3v) is 3.77. The van der Waals surface area contributed by atoms with Gasteiger partial charge in [0.2, 0.25) is 0 Å². The van der Waals surface area contributed by atoms with Gasteiger partial charge in [0, 0.05) is 17.0 Å². The van der Waals surface area contributed by atoms with Gasteiger partial charge in [-0.15, -0.1) is 11.3 Å². The van der Waals surface area contributed by atoms with Gasteiger partial charge >= 0.3 is 0 Å². The first-order valence-electron chi connectivity index (χ1n) is 6.29. The van der Waals surface area contributed by atoms with Crippen molar-refractivity contribution >= 4 is 11.3 Å². The van der Waals surface area contributed by atoms with E-state index in [0.717, 1.165) is 30.2 Å². The van der Waals surface area contributed by atoms with E-state index in [4.69, 9.17) is 4.42 Å². The summed E-state index contributed by atoms with van der Waals surface area (Å²) in [4.78, 5) is 1.34. The van der Waals surface area contributed by atoms with Gasteiger partial charge in [-0.1, -0.05) is 36.4 Å². The molecule has 0 radical (unpaired) electrons. The van der Waals surface area contributed by atoms with Gasteiger partial charge in [-0.05, 0) is 23.6 Å². The van der Waals surface area contributed by atoms with Crippen LogP contribution in [-0.2, 0) is 13.1 Å². The van der Waals surface area contributed by atoms with E-state index in [9.17, 15) is 0 Å². The molecule has 0 spiro atoms. The SMILES string of the molecule is c1ccc(-c2ccc(CNCc3cccs3)o2)cc1. The van der Waals surface area contributed by atoms with Crippen LogP contribution in [0.15, 0.2) is 64.4 Å². The van der Waals surface area contributed by atoms with Crippen molar-refractivity contribution in [1.29, 1.82) is 0 Å². The van der Waals surface area contributed by atoms with Gasteiger partial charge in [-0.3, -0.25) is 0 Å². The molecule has 1 N–H and O–H groups in total. The van der Waals surface area contributed by atoms with Crippen LogP contribution < -0.4 is 5.32 Å². The van der Waals surface area contributed by atoms with Gasteiger partial charge in [-0.2, -0.15) is 0 Å². The molecule has 0 amide bonds. The van der Waals surface area contributed by atoms with E-state index < -0.39 is 0 Å². The third-order valence-electron chi connectivity index (χ3n) is 2.90. The first-order chi connectivity index (χ1) is 9.42. The van der Waals surface area contributed by atoms with Crippen LogP contribution in [-0.4, -0.2) is 0 Å². The van der Waals surface area contributed by atoms with Crippen LogP contribution in [0.5, 0.6) is 0 Å². The highest BCUT2D eigenvalue weighted by atomic mass is 32.1. The molecule has 19 heavy (non-hydrogen) atoms. The van der Waals surface area contributed by atoms with Gasteiger partial charge < -0.3 is 9.73 Å². The van der Waals surface area contributed by atoms with Crippen LogP contribution in [0.2, 0.25) is 0 Å². The van der Waals surface area contributed by atoms with Gasteiger partial charge in [0.1, 0.15) is 11.5 Å². The number of hydrogen-bond acceptors (Lipinski definition) is 3. The summed E-state index contributed by atoms with van der Waals surface area (Å²) >= 11 is 1.77. The fourth-order valence-electron chi connectivity index (χ4n) is 1.95. The lowest BCUT2D eigenvalue weighted by Crippen LogP contribution is -2.10. The fraction of sp³-hybridized carbons (Fsp3) is 0.125. The Labute approximate surface area is 116 Å². The second-order valence-corrected chi connectivity index (χ2v) is 5.35. The predicted molar refractivity (Wildman–Crippen MR) is 79.0 cm³/mol. The van der Waals surface area contributed by atoms with Crippen molar-refractivity contribution in [3.63, 3.8) is 0 Å². The smallest absolute Gasteiger partial charge is 0.134 e. The third kappa shape index (κ3) is 3.13. The maximum absolute atomic E-state index is 5.83. The fourth-order valence-corrected chi connectivity index (χ4v) is 2.63. The van der Waals surface area contributed by atoms with Crippen LogP contribution in [0.1, 0.15) is 10.6 Å². The highest BCUT2D eigenvalue weighted by Crippen LogP contribution is 2.21. The second-order valence-electron chi connectivity index (χ2n) is 4.31. The highest BCUT2D eigenvalue weighted by molar-refractivity contribution is 7.09. The van der Waals surface area contributed by atoms with Gasteiger partial charge in [-0.25, -0.2) is 0 Å². The Bertz CT molecular complexity index is 613. The molecule has 3 rings (SSSR count). The molecule has 0 saturated carbocycles. The predicted octanol–water partition coefficient (Wildman–Crippen LogP) is 4.30. The number of furan rings is 1. The molecule has 0 saturated heterocycles. The second kappa shape index (κ2) is 5.87. The summed E-state index contributed by atoms with van der Waals surface area (Å²) in [5.74, 6) is 1.89. The topological polar surface area (TPSA) is 25.2 Å². The van der Waals surface area contributed by atoms with Crippen LogP contribution in [0.3, 0.4) is 0 Å². The Morgan fingerprint density at radius 1 is 0.895 bits per heavy atom. The van der Waals surface area contributed by atoms with Crippen molar-refractivity contribution in [3.05, 3.63) is 70.6 Å². The summed E-state index contributed by atoms with van der Waals surface area (Å²) in [5, 5.41) is 5.48. The molecule has 2 nitrogen and oxygen atoms in total. The molecule has 0 bridgehead atoms. The van der Waals surface area contributed by atoms with Crippen LogP contribution in [0.4, 0.5) is 0 Å². The summed E-state index contributed by atoms with van der Waals surface area (Å²) in [6.45, 7) is 1.64. The molecule has 0 aliphatic heterocycles. The average Bonchev–Trinajstić information content (AvgIpc) is 3.11. The minimum Gasteiger partial charge on any atom is -0.460 e. The first kappa shape index (κ1) is 12.2. The highest BCUT2D eigenvalue weighted by Gasteiger charge is 2.04. The molecular weight excluding hydrogens is 254 g/mol. The molecule has 0 aliphatic rings. The molecule has 3 aromatic rings. The summed E-state index contributed by atoms with van der Waals surface area (Å²) in [5.41, 5.74) is 1.12. The Kier molecular flexibility index (Phi) is 3.77. The van der Waals surface area contributed by atoms with Gasteiger partial charge in [0.05, 0.1) is 6.54 Å². The number of thiophene rings is 1. The Morgan fingerprint density at radius 3 is 2.58 bits per heavy atom. The average molecular weight is 269 g/mol. The van der Waals surface area contributed by atoms with Crippen molar-refractivity contribution in [1.82, 2.24) is 5.32 Å². The quantitative estimate of drug-likeness (QED) is 0.747. The maximum atomic E-state index is 5.83. The molecule has 0 fully saturated rings. The number of benzene rings is 1. The number of rotatable bonds is 5. The Balaban J connectivity index is 1.59. The summed E-state index contributed by atoms with van der Waals surface area (Å²) in [6.07, 6.45) is 0. The van der Waals surface area contributed by atoms with Crippen molar-refractivity contribution < 1.29 is 4.42 Å². The van der Waals surface area contributed by atoms with Crippen LogP contribution in [0, 0.1) is 0 Å². The van der Waals surface area contributed by atoms with Gasteiger partial charge in [0.25, 0.3) is 0 Å². The van der Waals surface area contributed by atoms with E-state index in [1.807, 2.05) is 30.3 Å². The van der Waals surface area contributed by atoms with E-state index in [0.29, 0.717) is 0 Å². The van der Waals surface area contributed by atoms with E-state index in [-0.39, 0.29) is 0 Å². The minimum atomic E-state index is 0.755. The molecule has 1 aromatic carbocycles. The minimum absolute atomic E-state index is 0.755. The molecule has 3 heteroatoms. The van der Waals surface area contributed by atoms with Crippen molar-refractivity contribution in [3.8, 4) is 11.3 Å². The molecule has 0 unspecified atom stereocenters. The Morgan fingerprint density at radius 2 is 1.79 bits per heavy atom. The lowest BCUT2D eigenvalue weighted by Gasteiger charge is -2.00. The normalized spacial score (nSPS) is 10.7. The van der Waals surface area contributed by atoms with E-state index >= 15 is 0 Å². The zero-order valence-electron chi connectivity index (χ0n) is 10.5. The summed E-state index contributed by atoms with van der Waals surface area (Å²) in [6, 6.07) is 18.4. The van der Waals surface area contributed by atoms with Gasteiger partial charge in [0.15, 0.2) is 0 Å². The lowest BCUT2D eigenvalue weighted by molar-refractivity contribution is 0.494. The molecule has 2 heterocycles. The monoisotopic (exact) mass is 269 g/mol. The molecule has 96 valence electrons. The van der Waals surface area contributed by atoms with Crippen molar-refractivity contribution in [2.45, 2.75) is 13.1 Å². The molecule has 2 aromatic heterocycles. The maximum Gasteiger partial charge on any atom is 0.134 e. The summed E-state index contributed by atoms with van der Waals surface area (Å²) < 4.78 is 5.83. The van der Waals surface area contributed by atoms with Crippen LogP contribution in [0.25, 0.3) is 11.3 Å². The molecule has 0 atom stereocenters. The number of hydrogen-bond donors (Lipinski definition) is 1. The molecule has 0 aliphatic carbocycles. The van der Waals surface area contributed by atoms with Crippen molar-refractivity contribution in [2.24, 2.45) is 0 Å². The molecular formula is C16H15NOS. The van der Waals surface area contributed by atoms with E-state index in [2.05, 4.69) is 35.0 Å². The standard InChI is InChI=1S/C16H15NOS/c1-2-5-13(6-3-1)16-9-8-14(18-16)11-17-12-15-7-4-10-19-15/h1-10,17H,11-12H2. The van der Waals surface area contributed by atoms with Crippen LogP contribution >= 0.6 is 11.3 Å². The first-order valence-corrected chi connectivity index (χ1v) is 7.17. The Hall–Kier alpha value is -1.84. The van der Waals surface area contributed by atoms with Crippen molar-refractivity contribution in [2.75, 3.05) is 0 Å². The number of nitrogens with one attached hydrogen (secondary N) is 1. The lowest BCUT2D eigenvalue weighted by atomic mass is 10.2. The zero-order valence-corrected chi connectivity index (χ0v) is 11.3. The summed E-state index contributed by atoms with van der Waals surface area (Å²) in [7, 11) is 0.